The standard InChI is InChI=1S/C28H25N3O5S/c29-37(34,35)22-11-8-20(9-12-22)28(33)24-5-1-2-6-26(24)31(27(28)32)25-7-3-4-19-18-21(10-13-23(19)25)30-14-16-36-17-15-30/h1-13,18,33H,14-17H2,(H2,29,34,35). The van der Waals surface area contributed by atoms with Crippen LogP contribution in [0.4, 0.5) is 17.1 Å². The molecule has 1 saturated heterocycles. The zero-order valence-electron chi connectivity index (χ0n) is 19.9. The van der Waals surface area contributed by atoms with Crippen molar-refractivity contribution in [2.24, 2.45) is 5.14 Å². The number of amides is 1. The smallest absolute Gasteiger partial charge is 0.273 e. The molecule has 2 aliphatic rings. The average Bonchev–Trinajstić information content (AvgIpc) is 3.15. The molecular weight excluding hydrogens is 490 g/mol. The van der Waals surface area contributed by atoms with E-state index in [4.69, 9.17) is 9.88 Å². The highest BCUT2D eigenvalue weighted by Gasteiger charge is 2.51. The van der Waals surface area contributed by atoms with Gasteiger partial charge in [0, 0.05) is 29.7 Å². The minimum atomic E-state index is -3.91. The van der Waals surface area contributed by atoms with Gasteiger partial charge in [0.15, 0.2) is 5.60 Å². The third-order valence-corrected chi connectivity index (χ3v) is 8.04. The number of carbonyl (C=O) groups is 1. The fourth-order valence-corrected chi connectivity index (χ4v) is 5.75. The minimum Gasteiger partial charge on any atom is -0.378 e. The van der Waals surface area contributed by atoms with Gasteiger partial charge in [-0.25, -0.2) is 13.6 Å². The summed E-state index contributed by atoms with van der Waals surface area (Å²) >= 11 is 0. The average molecular weight is 516 g/mol. The lowest BCUT2D eigenvalue weighted by Crippen LogP contribution is -2.39. The van der Waals surface area contributed by atoms with Crippen molar-refractivity contribution in [3.05, 3.63) is 96.1 Å². The first-order valence-corrected chi connectivity index (χ1v) is 13.5. The number of nitrogens with two attached hydrogens (primary N) is 1. The fourth-order valence-electron chi connectivity index (χ4n) is 5.23. The maximum Gasteiger partial charge on any atom is 0.273 e. The van der Waals surface area contributed by atoms with Crippen LogP contribution in [-0.4, -0.2) is 45.7 Å². The molecule has 1 unspecified atom stereocenters. The summed E-state index contributed by atoms with van der Waals surface area (Å²) in [6.07, 6.45) is 0. The van der Waals surface area contributed by atoms with Gasteiger partial charge in [0.2, 0.25) is 10.0 Å². The third kappa shape index (κ3) is 3.79. The van der Waals surface area contributed by atoms with Crippen LogP contribution in [0.1, 0.15) is 11.1 Å². The van der Waals surface area contributed by atoms with Crippen molar-refractivity contribution in [3.63, 3.8) is 0 Å². The van der Waals surface area contributed by atoms with Gasteiger partial charge in [-0.05, 0) is 47.3 Å². The number of nitrogens with zero attached hydrogens (tertiary/aromatic N) is 2. The van der Waals surface area contributed by atoms with Gasteiger partial charge in [0.1, 0.15) is 0 Å². The Morgan fingerprint density at radius 3 is 2.30 bits per heavy atom. The van der Waals surface area contributed by atoms with Crippen LogP contribution in [-0.2, 0) is 25.2 Å². The maximum atomic E-state index is 14.0. The van der Waals surface area contributed by atoms with Crippen molar-refractivity contribution in [1.29, 1.82) is 0 Å². The van der Waals surface area contributed by atoms with E-state index in [1.165, 1.54) is 24.3 Å². The van der Waals surface area contributed by atoms with Gasteiger partial charge in [-0.2, -0.15) is 0 Å². The van der Waals surface area contributed by atoms with Crippen molar-refractivity contribution in [1.82, 2.24) is 0 Å². The van der Waals surface area contributed by atoms with E-state index in [9.17, 15) is 18.3 Å². The number of aliphatic hydroxyl groups is 1. The van der Waals surface area contributed by atoms with Crippen LogP contribution in [0, 0.1) is 0 Å². The molecule has 4 aromatic rings. The Balaban J connectivity index is 1.46. The molecule has 0 bridgehead atoms. The molecule has 188 valence electrons. The fraction of sp³-hybridized carbons (Fsp3) is 0.179. The molecule has 1 amide bonds. The van der Waals surface area contributed by atoms with Crippen molar-refractivity contribution in [3.8, 4) is 0 Å². The molecule has 8 nitrogen and oxygen atoms in total. The number of sulfonamides is 1. The lowest BCUT2D eigenvalue weighted by Gasteiger charge is -2.29. The van der Waals surface area contributed by atoms with E-state index in [0.717, 1.165) is 29.5 Å². The number of rotatable bonds is 4. The van der Waals surface area contributed by atoms with Crippen LogP contribution in [0.2, 0.25) is 0 Å². The number of benzene rings is 4. The van der Waals surface area contributed by atoms with Gasteiger partial charge < -0.3 is 14.7 Å². The van der Waals surface area contributed by atoms with E-state index >= 15 is 0 Å². The number of ether oxygens (including phenoxy) is 1. The lowest BCUT2D eigenvalue weighted by molar-refractivity contribution is -0.131. The van der Waals surface area contributed by atoms with E-state index in [1.807, 2.05) is 36.4 Å². The number of morpholine rings is 1. The van der Waals surface area contributed by atoms with Gasteiger partial charge in [0.05, 0.1) is 29.5 Å². The highest BCUT2D eigenvalue weighted by molar-refractivity contribution is 7.89. The summed E-state index contributed by atoms with van der Waals surface area (Å²) in [4.78, 5) is 17.8. The summed E-state index contributed by atoms with van der Waals surface area (Å²) in [6, 6.07) is 24.5. The first-order chi connectivity index (χ1) is 17.8. The van der Waals surface area contributed by atoms with Crippen LogP contribution in [0.3, 0.4) is 0 Å². The predicted molar refractivity (Wildman–Crippen MR) is 141 cm³/mol. The summed E-state index contributed by atoms with van der Waals surface area (Å²) in [5, 5.41) is 19.0. The minimum absolute atomic E-state index is 0.0967. The van der Waals surface area contributed by atoms with E-state index in [2.05, 4.69) is 11.0 Å². The topological polar surface area (TPSA) is 113 Å². The van der Waals surface area contributed by atoms with Gasteiger partial charge >= 0.3 is 0 Å². The van der Waals surface area contributed by atoms with E-state index in [1.54, 1.807) is 23.1 Å². The number of para-hydroxylation sites is 1. The van der Waals surface area contributed by atoms with E-state index < -0.39 is 21.5 Å². The molecule has 1 fully saturated rings. The molecule has 1 atom stereocenters. The molecule has 0 radical (unpaired) electrons. The van der Waals surface area contributed by atoms with Gasteiger partial charge in [-0.15, -0.1) is 0 Å². The second-order valence-corrected chi connectivity index (χ2v) is 10.8. The number of anilines is 3. The Kier molecular flexibility index (Phi) is 5.54. The number of hydrogen-bond donors (Lipinski definition) is 2. The molecule has 0 aromatic heterocycles. The Morgan fingerprint density at radius 1 is 0.865 bits per heavy atom. The number of carbonyl (C=O) groups excluding carboxylic acids is 1. The van der Waals surface area contributed by atoms with Crippen LogP contribution >= 0.6 is 0 Å². The summed E-state index contributed by atoms with van der Waals surface area (Å²) in [6.45, 7) is 3.02. The molecule has 6 rings (SSSR count). The van der Waals surface area contributed by atoms with Crippen LogP contribution in [0.15, 0.2) is 89.8 Å². The predicted octanol–water partition coefficient (Wildman–Crippen LogP) is 3.24. The Bertz CT molecular complexity index is 1630. The van der Waals surface area contributed by atoms with Gasteiger partial charge in [0.25, 0.3) is 5.91 Å². The summed E-state index contributed by atoms with van der Waals surface area (Å²) in [5.41, 5.74) is 0.993. The molecule has 2 aliphatic heterocycles. The molecule has 9 heteroatoms. The Labute approximate surface area is 214 Å². The Hall–Kier alpha value is -3.76. The second kappa shape index (κ2) is 8.67. The third-order valence-electron chi connectivity index (χ3n) is 7.11. The highest BCUT2D eigenvalue weighted by atomic mass is 32.2. The zero-order valence-corrected chi connectivity index (χ0v) is 20.7. The van der Waals surface area contributed by atoms with Crippen molar-refractivity contribution in [2.45, 2.75) is 10.5 Å². The lowest BCUT2D eigenvalue weighted by atomic mass is 9.87. The van der Waals surface area contributed by atoms with Crippen LogP contribution in [0.5, 0.6) is 0 Å². The zero-order chi connectivity index (χ0) is 25.8. The van der Waals surface area contributed by atoms with Gasteiger partial charge in [-0.3, -0.25) is 9.69 Å². The molecule has 0 saturated carbocycles. The monoisotopic (exact) mass is 515 g/mol. The molecule has 3 N–H and O–H groups in total. The number of primary sulfonamides is 1. The normalized spacial score (nSPS) is 19.9. The molecule has 0 spiro atoms. The maximum absolute atomic E-state index is 14.0. The SMILES string of the molecule is NS(=O)(=O)c1ccc(C2(O)C(=O)N(c3cccc4cc(N5CCOCC5)ccc34)c3ccccc32)cc1. The van der Waals surface area contributed by atoms with E-state index in [-0.39, 0.29) is 10.5 Å². The Morgan fingerprint density at radius 2 is 1.57 bits per heavy atom. The summed E-state index contributed by atoms with van der Waals surface area (Å²) < 4.78 is 28.9. The first-order valence-electron chi connectivity index (χ1n) is 11.9. The summed E-state index contributed by atoms with van der Waals surface area (Å²) in [7, 11) is -3.91. The van der Waals surface area contributed by atoms with Crippen LogP contribution in [0.25, 0.3) is 10.8 Å². The molecule has 37 heavy (non-hydrogen) atoms. The number of hydrogen-bond acceptors (Lipinski definition) is 6. The molecule has 4 aromatic carbocycles. The molecular formula is C28H25N3O5S. The second-order valence-electron chi connectivity index (χ2n) is 9.22. The summed E-state index contributed by atoms with van der Waals surface area (Å²) in [5.74, 6) is -0.540. The van der Waals surface area contributed by atoms with Crippen molar-refractivity contribution in [2.75, 3.05) is 36.1 Å². The highest BCUT2D eigenvalue weighted by Crippen LogP contribution is 2.49. The van der Waals surface area contributed by atoms with Crippen molar-refractivity contribution < 1.29 is 23.1 Å². The van der Waals surface area contributed by atoms with Gasteiger partial charge in [-0.1, -0.05) is 48.5 Å². The molecule has 2 heterocycles. The largest absolute Gasteiger partial charge is 0.378 e. The van der Waals surface area contributed by atoms with Crippen LogP contribution < -0.4 is 14.9 Å². The number of fused-ring (bicyclic) bond motifs is 2. The first kappa shape index (κ1) is 23.6. The molecule has 0 aliphatic carbocycles. The van der Waals surface area contributed by atoms with Crippen molar-refractivity contribution >= 4 is 43.8 Å². The quantitative estimate of drug-likeness (QED) is 0.432. The van der Waals surface area contributed by atoms with E-state index in [0.29, 0.717) is 30.2 Å².